The van der Waals surface area contributed by atoms with E-state index in [1.54, 1.807) is 6.92 Å². The van der Waals surface area contributed by atoms with Crippen molar-refractivity contribution in [1.29, 1.82) is 0 Å². The quantitative estimate of drug-likeness (QED) is 0.511. The Bertz CT molecular complexity index is 294. The molecular weight excluding hydrogens is 216 g/mol. The first-order valence-electron chi connectivity index (χ1n) is 4.90. The van der Waals surface area contributed by atoms with E-state index < -0.39 is 23.9 Å². The van der Waals surface area contributed by atoms with Crippen molar-refractivity contribution in [3.63, 3.8) is 0 Å². The van der Waals surface area contributed by atoms with Crippen molar-refractivity contribution in [2.45, 2.75) is 39.5 Å². The van der Waals surface area contributed by atoms with Crippen LogP contribution in [0.4, 0.5) is 0 Å². The fourth-order valence-electron chi connectivity index (χ4n) is 0.839. The highest BCUT2D eigenvalue weighted by Crippen LogP contribution is 2.01. The van der Waals surface area contributed by atoms with Crippen molar-refractivity contribution in [3.8, 4) is 0 Å². The molecule has 0 aliphatic heterocycles. The summed E-state index contributed by atoms with van der Waals surface area (Å²) in [5, 5.41) is 0. The van der Waals surface area contributed by atoms with Gasteiger partial charge in [0.15, 0.2) is 0 Å². The maximum absolute atomic E-state index is 11.0. The van der Waals surface area contributed by atoms with Crippen molar-refractivity contribution < 1.29 is 28.7 Å². The number of carbonyl (C=O) groups excluding carboxylic acids is 4. The van der Waals surface area contributed by atoms with E-state index in [0.29, 0.717) is 0 Å². The molecular formula is C10H14O6. The van der Waals surface area contributed by atoms with Gasteiger partial charge in [0, 0.05) is 26.2 Å². The van der Waals surface area contributed by atoms with E-state index in [2.05, 4.69) is 9.47 Å². The van der Waals surface area contributed by atoms with Gasteiger partial charge in [-0.15, -0.1) is 0 Å². The van der Waals surface area contributed by atoms with E-state index >= 15 is 0 Å². The van der Waals surface area contributed by atoms with Crippen LogP contribution in [0.2, 0.25) is 0 Å². The number of esters is 4. The van der Waals surface area contributed by atoms with Crippen LogP contribution in [0.3, 0.4) is 0 Å². The largest absolute Gasteiger partial charge is 0.393 e. The molecule has 16 heavy (non-hydrogen) atoms. The van der Waals surface area contributed by atoms with Gasteiger partial charge in [-0.1, -0.05) is 6.92 Å². The Morgan fingerprint density at radius 2 is 1.38 bits per heavy atom. The summed E-state index contributed by atoms with van der Waals surface area (Å²) < 4.78 is 8.60. The minimum atomic E-state index is -0.692. The lowest BCUT2D eigenvalue weighted by atomic mass is 10.2. The summed E-state index contributed by atoms with van der Waals surface area (Å²) in [5.41, 5.74) is 0. The topological polar surface area (TPSA) is 86.7 Å². The maximum atomic E-state index is 11.0. The monoisotopic (exact) mass is 230 g/mol. The number of rotatable bonds is 5. The van der Waals surface area contributed by atoms with Crippen molar-refractivity contribution >= 4 is 23.9 Å². The van der Waals surface area contributed by atoms with E-state index in [4.69, 9.17) is 0 Å². The highest BCUT2D eigenvalue weighted by atomic mass is 16.6. The van der Waals surface area contributed by atoms with Gasteiger partial charge in [0.05, 0.1) is 0 Å². The lowest BCUT2D eigenvalue weighted by molar-refractivity contribution is -0.159. The van der Waals surface area contributed by atoms with Gasteiger partial charge in [-0.3, -0.25) is 19.2 Å². The van der Waals surface area contributed by atoms with E-state index in [1.807, 2.05) is 0 Å². The van der Waals surface area contributed by atoms with Crippen LogP contribution in [0.1, 0.15) is 39.5 Å². The van der Waals surface area contributed by atoms with Gasteiger partial charge in [-0.2, -0.15) is 0 Å². The summed E-state index contributed by atoms with van der Waals surface area (Å²) in [7, 11) is 0. The van der Waals surface area contributed by atoms with Crippen molar-refractivity contribution in [3.05, 3.63) is 0 Å². The second-order valence-corrected chi connectivity index (χ2v) is 3.02. The van der Waals surface area contributed by atoms with Crippen LogP contribution in [0.5, 0.6) is 0 Å². The third kappa shape index (κ3) is 7.66. The zero-order valence-electron chi connectivity index (χ0n) is 9.28. The second kappa shape index (κ2) is 7.56. The van der Waals surface area contributed by atoms with Gasteiger partial charge in [0.2, 0.25) is 0 Å². The fraction of sp³-hybridized carbons (Fsp3) is 0.600. The van der Waals surface area contributed by atoms with E-state index in [1.165, 1.54) is 0 Å². The minimum absolute atomic E-state index is 0.0568. The molecule has 0 aromatic heterocycles. The highest BCUT2D eigenvalue weighted by molar-refractivity contribution is 5.86. The summed E-state index contributed by atoms with van der Waals surface area (Å²) in [5.74, 6) is -2.66. The standard InChI is InChI=1S/C10H14O6/c1-3-8(12)16-10(14)6-4-5-9(13)15-7(2)11/h3-6H2,1-2H3. The molecule has 0 aromatic carbocycles. The first-order valence-corrected chi connectivity index (χ1v) is 4.90. The Hall–Kier alpha value is -1.72. The number of ether oxygens (including phenoxy) is 2. The van der Waals surface area contributed by atoms with Gasteiger partial charge < -0.3 is 9.47 Å². The number of hydrogen-bond donors (Lipinski definition) is 0. The van der Waals surface area contributed by atoms with Gasteiger partial charge >= 0.3 is 23.9 Å². The second-order valence-electron chi connectivity index (χ2n) is 3.02. The Balaban J connectivity index is 3.66. The average molecular weight is 230 g/mol. The van der Waals surface area contributed by atoms with Gasteiger partial charge in [0.1, 0.15) is 0 Å². The molecule has 0 aliphatic rings. The fourth-order valence-corrected chi connectivity index (χ4v) is 0.839. The summed E-state index contributed by atoms with van der Waals surface area (Å²) in [6.45, 7) is 2.69. The molecule has 0 rings (SSSR count). The Kier molecular flexibility index (Phi) is 6.74. The molecule has 0 saturated carbocycles. The molecule has 90 valence electrons. The number of carbonyl (C=O) groups is 4. The molecule has 0 aliphatic carbocycles. The van der Waals surface area contributed by atoms with Crippen LogP contribution in [0.25, 0.3) is 0 Å². The SMILES string of the molecule is CCC(=O)OC(=O)CCCC(=O)OC(C)=O. The molecule has 0 spiro atoms. The first-order chi connectivity index (χ1) is 7.45. The molecule has 0 saturated heterocycles. The molecule has 0 heterocycles. The molecule has 0 atom stereocenters. The van der Waals surface area contributed by atoms with Crippen molar-refractivity contribution in [2.24, 2.45) is 0 Å². The van der Waals surface area contributed by atoms with Crippen LogP contribution in [0, 0.1) is 0 Å². The average Bonchev–Trinajstić information content (AvgIpc) is 2.16. The van der Waals surface area contributed by atoms with E-state index in [0.717, 1.165) is 6.92 Å². The van der Waals surface area contributed by atoms with E-state index in [9.17, 15) is 19.2 Å². The summed E-state index contributed by atoms with van der Waals surface area (Å²) in [4.78, 5) is 42.8. The molecule has 0 bridgehead atoms. The predicted octanol–water partition coefficient (Wildman–Crippen LogP) is 0.726. The zero-order valence-corrected chi connectivity index (χ0v) is 9.28. The van der Waals surface area contributed by atoms with Crippen LogP contribution < -0.4 is 0 Å². The summed E-state index contributed by atoms with van der Waals surface area (Å²) in [6, 6.07) is 0. The Morgan fingerprint density at radius 1 is 0.875 bits per heavy atom. The molecule has 0 unspecified atom stereocenters. The van der Waals surface area contributed by atoms with Crippen molar-refractivity contribution in [2.75, 3.05) is 0 Å². The van der Waals surface area contributed by atoms with E-state index in [-0.39, 0.29) is 25.7 Å². The molecule has 0 amide bonds. The van der Waals surface area contributed by atoms with Gasteiger partial charge in [0.25, 0.3) is 0 Å². The predicted molar refractivity (Wildman–Crippen MR) is 52.0 cm³/mol. The molecule has 0 aromatic rings. The Labute approximate surface area is 92.9 Å². The Morgan fingerprint density at radius 3 is 1.81 bits per heavy atom. The maximum Gasteiger partial charge on any atom is 0.313 e. The molecule has 6 heteroatoms. The van der Waals surface area contributed by atoms with Crippen molar-refractivity contribution in [1.82, 2.24) is 0 Å². The first kappa shape index (κ1) is 14.3. The highest BCUT2D eigenvalue weighted by Gasteiger charge is 2.11. The lowest BCUT2D eigenvalue weighted by Crippen LogP contribution is -2.13. The lowest BCUT2D eigenvalue weighted by Gasteiger charge is -2.01. The van der Waals surface area contributed by atoms with Gasteiger partial charge in [-0.05, 0) is 6.42 Å². The third-order valence-corrected chi connectivity index (χ3v) is 1.54. The minimum Gasteiger partial charge on any atom is -0.393 e. The molecule has 0 radical (unpaired) electrons. The summed E-state index contributed by atoms with van der Waals surface area (Å²) in [6.07, 6.45) is 0.188. The molecule has 0 fully saturated rings. The third-order valence-electron chi connectivity index (χ3n) is 1.54. The smallest absolute Gasteiger partial charge is 0.313 e. The molecule has 6 nitrogen and oxygen atoms in total. The van der Waals surface area contributed by atoms with Crippen LogP contribution in [-0.4, -0.2) is 23.9 Å². The van der Waals surface area contributed by atoms with Crippen LogP contribution in [-0.2, 0) is 28.7 Å². The molecule has 0 N–H and O–H groups in total. The number of hydrogen-bond acceptors (Lipinski definition) is 6. The normalized spacial score (nSPS) is 9.38. The summed E-state index contributed by atoms with van der Waals surface area (Å²) >= 11 is 0. The van der Waals surface area contributed by atoms with Crippen LogP contribution >= 0.6 is 0 Å². The van der Waals surface area contributed by atoms with Gasteiger partial charge in [-0.25, -0.2) is 0 Å². The van der Waals surface area contributed by atoms with Crippen LogP contribution in [0.15, 0.2) is 0 Å². The zero-order chi connectivity index (χ0) is 12.6.